The summed E-state index contributed by atoms with van der Waals surface area (Å²) in [6, 6.07) is 8.40. The van der Waals surface area contributed by atoms with Crippen LogP contribution in [0.5, 0.6) is 0 Å². The molecule has 1 fully saturated rings. The monoisotopic (exact) mass is 270 g/mol. The lowest BCUT2D eigenvalue weighted by Crippen LogP contribution is -2.30. The molecule has 2 aromatic rings. The van der Waals surface area contributed by atoms with Gasteiger partial charge in [-0.1, -0.05) is 24.3 Å². The summed E-state index contributed by atoms with van der Waals surface area (Å²) in [7, 11) is 0. The number of nitrogens with one attached hydrogen (secondary N) is 1. The molecule has 1 aliphatic rings. The lowest BCUT2D eigenvalue weighted by Gasteiger charge is -2.22. The number of hydrogen-bond acceptors (Lipinski definition) is 3. The summed E-state index contributed by atoms with van der Waals surface area (Å²) < 4.78 is 2.32. The molecule has 1 aromatic carbocycles. The normalized spacial score (nSPS) is 16.9. The zero-order valence-electron chi connectivity index (χ0n) is 12.0. The highest BCUT2D eigenvalue weighted by molar-refractivity contribution is 5.78. The van der Waals surface area contributed by atoms with Gasteiger partial charge >= 0.3 is 0 Å². The second kappa shape index (κ2) is 6.09. The van der Waals surface area contributed by atoms with Crippen LogP contribution in [0.3, 0.4) is 0 Å². The maximum atomic E-state index is 4.86. The Balaban J connectivity index is 2.03. The number of hydrogen-bond donors (Lipinski definition) is 1. The fraction of sp³-hybridized carbons (Fsp3) is 0.438. The molecule has 20 heavy (non-hydrogen) atoms. The summed E-state index contributed by atoms with van der Waals surface area (Å²) in [5, 5.41) is 3.45. The molecule has 1 saturated heterocycles. The van der Waals surface area contributed by atoms with Crippen LogP contribution in [-0.4, -0.2) is 35.7 Å². The van der Waals surface area contributed by atoms with Gasteiger partial charge in [-0.05, 0) is 32.0 Å². The predicted octanol–water partition coefficient (Wildman–Crippen LogP) is 2.41. The lowest BCUT2D eigenvalue weighted by molar-refractivity contribution is 0.723. The van der Waals surface area contributed by atoms with Crippen molar-refractivity contribution in [2.75, 3.05) is 31.1 Å². The van der Waals surface area contributed by atoms with Crippen LogP contribution >= 0.6 is 0 Å². The number of rotatable bonds is 3. The van der Waals surface area contributed by atoms with Gasteiger partial charge in [-0.3, -0.25) is 0 Å². The van der Waals surface area contributed by atoms with E-state index >= 15 is 0 Å². The molecule has 106 valence electrons. The van der Waals surface area contributed by atoms with E-state index < -0.39 is 0 Å². The van der Waals surface area contributed by atoms with E-state index in [9.17, 15) is 0 Å². The molecule has 0 amide bonds. The van der Waals surface area contributed by atoms with Crippen molar-refractivity contribution in [1.29, 1.82) is 0 Å². The summed E-state index contributed by atoms with van der Waals surface area (Å²) in [5.74, 6) is 1.10. The Morgan fingerprint density at radius 1 is 1.25 bits per heavy atom. The highest BCUT2D eigenvalue weighted by atomic mass is 15.3. The Morgan fingerprint density at radius 2 is 2.15 bits per heavy atom. The fourth-order valence-corrected chi connectivity index (χ4v) is 2.74. The molecule has 0 spiro atoms. The number of allylic oxidation sites excluding steroid dienone is 2. The smallest absolute Gasteiger partial charge is 0.206 e. The van der Waals surface area contributed by atoms with Crippen molar-refractivity contribution in [3.63, 3.8) is 0 Å². The van der Waals surface area contributed by atoms with Crippen LogP contribution in [0.25, 0.3) is 11.0 Å². The van der Waals surface area contributed by atoms with E-state index in [1.807, 2.05) is 0 Å². The number of fused-ring (bicyclic) bond motifs is 1. The van der Waals surface area contributed by atoms with E-state index in [4.69, 9.17) is 4.98 Å². The van der Waals surface area contributed by atoms with Gasteiger partial charge in [-0.15, -0.1) is 0 Å². The van der Waals surface area contributed by atoms with E-state index in [0.717, 1.165) is 44.2 Å². The maximum absolute atomic E-state index is 4.86. The van der Waals surface area contributed by atoms with Crippen molar-refractivity contribution in [3.8, 4) is 0 Å². The summed E-state index contributed by atoms with van der Waals surface area (Å²) in [4.78, 5) is 7.26. The van der Waals surface area contributed by atoms with Gasteiger partial charge in [-0.25, -0.2) is 4.98 Å². The zero-order valence-corrected chi connectivity index (χ0v) is 12.0. The fourth-order valence-electron chi connectivity index (χ4n) is 2.74. The molecule has 1 aromatic heterocycles. The quantitative estimate of drug-likeness (QED) is 0.870. The third-order valence-electron chi connectivity index (χ3n) is 3.78. The minimum absolute atomic E-state index is 0.885. The Hall–Kier alpha value is -1.81. The van der Waals surface area contributed by atoms with Crippen LogP contribution in [0.4, 0.5) is 5.95 Å². The number of imidazole rings is 1. The lowest BCUT2D eigenvalue weighted by atomic mass is 10.3. The van der Waals surface area contributed by atoms with Crippen molar-refractivity contribution in [1.82, 2.24) is 14.9 Å². The van der Waals surface area contributed by atoms with Crippen molar-refractivity contribution in [2.24, 2.45) is 0 Å². The van der Waals surface area contributed by atoms with Gasteiger partial charge < -0.3 is 14.8 Å². The second-order valence-corrected chi connectivity index (χ2v) is 5.17. The maximum Gasteiger partial charge on any atom is 0.206 e. The first-order chi connectivity index (χ1) is 9.90. The van der Waals surface area contributed by atoms with Gasteiger partial charge in [0.2, 0.25) is 5.95 Å². The average Bonchev–Trinajstić information content (AvgIpc) is 2.66. The van der Waals surface area contributed by atoms with E-state index in [1.165, 1.54) is 11.9 Å². The summed E-state index contributed by atoms with van der Waals surface area (Å²) in [6.45, 7) is 7.19. The third-order valence-corrected chi connectivity index (χ3v) is 3.78. The van der Waals surface area contributed by atoms with Gasteiger partial charge in [0.05, 0.1) is 11.0 Å². The molecule has 3 rings (SSSR count). The highest BCUT2D eigenvalue weighted by Crippen LogP contribution is 2.23. The molecular formula is C16H22N4. The molecule has 0 saturated carbocycles. The molecule has 0 atom stereocenters. The predicted molar refractivity (Wildman–Crippen MR) is 84.2 cm³/mol. The Bertz CT molecular complexity index is 592. The molecule has 1 aliphatic heterocycles. The standard InChI is InChI=1S/C16H22N4/c1-2-3-12-20-15-8-5-4-7-14(15)18-16(20)19-11-6-9-17-10-13-19/h2-5,7-8,17H,6,9-13H2,1H3. The van der Waals surface area contributed by atoms with Crippen LogP contribution in [0.1, 0.15) is 13.3 Å². The number of nitrogens with zero attached hydrogens (tertiary/aromatic N) is 3. The van der Waals surface area contributed by atoms with Gasteiger partial charge in [-0.2, -0.15) is 0 Å². The number of benzene rings is 1. The van der Waals surface area contributed by atoms with Crippen LogP contribution in [-0.2, 0) is 6.54 Å². The minimum atomic E-state index is 0.885. The molecule has 0 aliphatic carbocycles. The SMILES string of the molecule is CC=CCn1c(N2CCCNCC2)nc2ccccc21. The molecule has 4 heteroatoms. The summed E-state index contributed by atoms with van der Waals surface area (Å²) >= 11 is 0. The van der Waals surface area contributed by atoms with Crippen LogP contribution < -0.4 is 10.2 Å². The molecule has 1 N–H and O–H groups in total. The van der Waals surface area contributed by atoms with Gasteiger partial charge in [0, 0.05) is 26.2 Å². The van der Waals surface area contributed by atoms with Gasteiger partial charge in [0.25, 0.3) is 0 Å². The Kier molecular flexibility index (Phi) is 4.02. The van der Waals surface area contributed by atoms with E-state index in [2.05, 4.69) is 58.1 Å². The molecule has 2 heterocycles. The van der Waals surface area contributed by atoms with Gasteiger partial charge in [0.1, 0.15) is 0 Å². The van der Waals surface area contributed by atoms with Crippen molar-refractivity contribution in [3.05, 3.63) is 36.4 Å². The number of para-hydroxylation sites is 2. The van der Waals surface area contributed by atoms with Crippen molar-refractivity contribution >= 4 is 17.0 Å². The minimum Gasteiger partial charge on any atom is -0.341 e. The molecule has 0 bridgehead atoms. The van der Waals surface area contributed by atoms with Crippen LogP contribution in [0, 0.1) is 0 Å². The van der Waals surface area contributed by atoms with E-state index in [0.29, 0.717) is 0 Å². The zero-order chi connectivity index (χ0) is 13.8. The Morgan fingerprint density at radius 3 is 3.05 bits per heavy atom. The molecule has 0 unspecified atom stereocenters. The van der Waals surface area contributed by atoms with Crippen LogP contribution in [0.2, 0.25) is 0 Å². The average molecular weight is 270 g/mol. The topological polar surface area (TPSA) is 33.1 Å². The van der Waals surface area contributed by atoms with Crippen molar-refractivity contribution < 1.29 is 0 Å². The van der Waals surface area contributed by atoms with Crippen molar-refractivity contribution in [2.45, 2.75) is 19.9 Å². The largest absolute Gasteiger partial charge is 0.341 e. The summed E-state index contributed by atoms with van der Waals surface area (Å²) in [6.07, 6.45) is 5.46. The number of aromatic nitrogens is 2. The van der Waals surface area contributed by atoms with Crippen LogP contribution in [0.15, 0.2) is 36.4 Å². The molecule has 4 nitrogen and oxygen atoms in total. The Labute approximate surface area is 120 Å². The highest BCUT2D eigenvalue weighted by Gasteiger charge is 2.17. The molecular weight excluding hydrogens is 248 g/mol. The first-order valence-corrected chi connectivity index (χ1v) is 7.42. The van der Waals surface area contributed by atoms with Gasteiger partial charge in [0.15, 0.2) is 0 Å². The first-order valence-electron chi connectivity index (χ1n) is 7.42. The summed E-state index contributed by atoms with van der Waals surface area (Å²) in [5.41, 5.74) is 2.31. The van der Waals surface area contributed by atoms with E-state index in [1.54, 1.807) is 0 Å². The third kappa shape index (κ3) is 2.56. The first kappa shape index (κ1) is 13.2. The van der Waals surface area contributed by atoms with E-state index in [-0.39, 0.29) is 0 Å². The molecule has 0 radical (unpaired) electrons. The number of anilines is 1. The second-order valence-electron chi connectivity index (χ2n) is 5.17.